The van der Waals surface area contributed by atoms with E-state index in [1.807, 2.05) is 25.5 Å². The van der Waals surface area contributed by atoms with Crippen molar-refractivity contribution in [2.45, 2.75) is 25.9 Å². The van der Waals surface area contributed by atoms with Crippen LogP contribution in [0.3, 0.4) is 0 Å². The van der Waals surface area contributed by atoms with Crippen molar-refractivity contribution in [2.24, 2.45) is 7.05 Å². The summed E-state index contributed by atoms with van der Waals surface area (Å²) in [7, 11) is 1.87. The number of hydrogen-bond acceptors (Lipinski definition) is 3. The molecule has 0 amide bonds. The minimum absolute atomic E-state index is 0.489. The number of aryl methyl sites for hydroxylation is 2. The fourth-order valence-electron chi connectivity index (χ4n) is 1.97. The molecule has 4 heteroatoms. The molecule has 2 heterocycles. The third-order valence-corrected chi connectivity index (χ3v) is 2.87. The molecule has 0 bridgehead atoms. The number of pyridine rings is 1. The van der Waals surface area contributed by atoms with Gasteiger partial charge in [0.15, 0.2) is 0 Å². The molecular formula is C13H17N3O. The van der Waals surface area contributed by atoms with Gasteiger partial charge in [0.2, 0.25) is 0 Å². The zero-order valence-electron chi connectivity index (χ0n) is 10.2. The van der Waals surface area contributed by atoms with Crippen molar-refractivity contribution in [3.8, 4) is 0 Å². The molecule has 90 valence electrons. The van der Waals surface area contributed by atoms with E-state index in [0.29, 0.717) is 6.42 Å². The van der Waals surface area contributed by atoms with Crippen LogP contribution in [0, 0.1) is 0 Å². The third kappa shape index (κ3) is 2.71. The summed E-state index contributed by atoms with van der Waals surface area (Å²) in [5.41, 5.74) is 3.11. The Balaban J connectivity index is 2.16. The Hall–Kier alpha value is -1.68. The fourth-order valence-corrected chi connectivity index (χ4v) is 1.97. The maximum Gasteiger partial charge on any atom is 0.0835 e. The molecule has 0 aromatic carbocycles. The Kier molecular flexibility index (Phi) is 3.54. The Labute approximate surface area is 101 Å². The van der Waals surface area contributed by atoms with Crippen molar-refractivity contribution in [1.29, 1.82) is 0 Å². The molecule has 4 nitrogen and oxygen atoms in total. The van der Waals surface area contributed by atoms with Crippen molar-refractivity contribution in [1.82, 2.24) is 14.8 Å². The van der Waals surface area contributed by atoms with E-state index in [1.165, 1.54) is 0 Å². The molecule has 2 rings (SSSR count). The molecule has 2 aromatic heterocycles. The topological polar surface area (TPSA) is 50.9 Å². The van der Waals surface area contributed by atoms with Gasteiger partial charge in [-0.3, -0.25) is 9.67 Å². The molecule has 2 aromatic rings. The first kappa shape index (κ1) is 11.8. The molecule has 0 saturated carbocycles. The molecule has 0 fully saturated rings. The summed E-state index contributed by atoms with van der Waals surface area (Å²) in [6, 6.07) is 1.89. The van der Waals surface area contributed by atoms with Gasteiger partial charge < -0.3 is 5.11 Å². The molecule has 1 N–H and O–H groups in total. The van der Waals surface area contributed by atoms with Crippen LogP contribution in [0.1, 0.15) is 29.7 Å². The standard InChI is InChI=1S/C13H17N3O/c1-3-11-8-14-5-4-12(11)13(17)6-10-7-15-16(2)9-10/h4-5,7-9,13,17H,3,6H2,1-2H3. The van der Waals surface area contributed by atoms with Gasteiger partial charge in [0.1, 0.15) is 0 Å². The number of aliphatic hydroxyl groups excluding tert-OH is 1. The van der Waals surface area contributed by atoms with E-state index in [4.69, 9.17) is 0 Å². The van der Waals surface area contributed by atoms with Crippen LogP contribution in [0.2, 0.25) is 0 Å². The lowest BCUT2D eigenvalue weighted by molar-refractivity contribution is 0.177. The Bertz CT molecular complexity index is 493. The fraction of sp³-hybridized carbons (Fsp3) is 0.385. The normalized spacial score (nSPS) is 12.6. The molecule has 17 heavy (non-hydrogen) atoms. The largest absolute Gasteiger partial charge is 0.388 e. The number of aromatic nitrogens is 3. The van der Waals surface area contributed by atoms with Gasteiger partial charge in [-0.15, -0.1) is 0 Å². The zero-order valence-corrected chi connectivity index (χ0v) is 10.2. The van der Waals surface area contributed by atoms with E-state index in [2.05, 4.69) is 17.0 Å². The predicted octanol–water partition coefficient (Wildman–Crippen LogP) is 1.65. The number of rotatable bonds is 4. The van der Waals surface area contributed by atoms with E-state index in [-0.39, 0.29) is 0 Å². The summed E-state index contributed by atoms with van der Waals surface area (Å²) >= 11 is 0. The summed E-state index contributed by atoms with van der Waals surface area (Å²) in [5, 5.41) is 14.3. The van der Waals surface area contributed by atoms with E-state index < -0.39 is 6.10 Å². The minimum atomic E-state index is -0.489. The molecule has 0 radical (unpaired) electrons. The van der Waals surface area contributed by atoms with Gasteiger partial charge >= 0.3 is 0 Å². The van der Waals surface area contributed by atoms with Gasteiger partial charge in [-0.25, -0.2) is 0 Å². The third-order valence-electron chi connectivity index (χ3n) is 2.87. The lowest BCUT2D eigenvalue weighted by atomic mass is 9.99. The summed E-state index contributed by atoms with van der Waals surface area (Å²) in [5.74, 6) is 0. The molecule has 1 unspecified atom stereocenters. The van der Waals surface area contributed by atoms with Crippen molar-refractivity contribution in [2.75, 3.05) is 0 Å². The van der Waals surface area contributed by atoms with Crippen LogP contribution in [0.15, 0.2) is 30.9 Å². The van der Waals surface area contributed by atoms with Crippen LogP contribution in [0.25, 0.3) is 0 Å². The lowest BCUT2D eigenvalue weighted by Gasteiger charge is -2.13. The molecule has 0 aliphatic rings. The summed E-state index contributed by atoms with van der Waals surface area (Å²) in [6.07, 6.45) is 8.24. The van der Waals surface area contributed by atoms with Crippen molar-refractivity contribution < 1.29 is 5.11 Å². The van der Waals surface area contributed by atoms with E-state index in [0.717, 1.165) is 23.1 Å². The molecule has 0 aliphatic heterocycles. The van der Waals surface area contributed by atoms with E-state index in [9.17, 15) is 5.11 Å². The number of hydrogen-bond donors (Lipinski definition) is 1. The first-order valence-electron chi connectivity index (χ1n) is 5.79. The molecule has 0 spiro atoms. The quantitative estimate of drug-likeness (QED) is 0.870. The van der Waals surface area contributed by atoms with Crippen LogP contribution >= 0.6 is 0 Å². The van der Waals surface area contributed by atoms with Gasteiger partial charge in [-0.2, -0.15) is 5.10 Å². The highest BCUT2D eigenvalue weighted by molar-refractivity contribution is 5.27. The van der Waals surface area contributed by atoms with Gasteiger partial charge in [0, 0.05) is 32.1 Å². The van der Waals surface area contributed by atoms with Gasteiger partial charge in [-0.05, 0) is 29.2 Å². The summed E-state index contributed by atoms with van der Waals surface area (Å²) in [4.78, 5) is 4.08. The SMILES string of the molecule is CCc1cnccc1C(O)Cc1cnn(C)c1. The van der Waals surface area contributed by atoms with Crippen molar-refractivity contribution in [3.63, 3.8) is 0 Å². The second kappa shape index (κ2) is 5.10. The molecule has 1 atom stereocenters. The van der Waals surface area contributed by atoms with Crippen molar-refractivity contribution in [3.05, 3.63) is 47.5 Å². The molecule has 0 aliphatic carbocycles. The van der Waals surface area contributed by atoms with E-state index in [1.54, 1.807) is 17.1 Å². The second-order valence-corrected chi connectivity index (χ2v) is 4.17. The number of aliphatic hydroxyl groups is 1. The molecular weight excluding hydrogens is 214 g/mol. The van der Waals surface area contributed by atoms with Crippen LogP contribution in [0.5, 0.6) is 0 Å². The number of nitrogens with zero attached hydrogens (tertiary/aromatic N) is 3. The van der Waals surface area contributed by atoms with Crippen LogP contribution in [-0.2, 0) is 19.9 Å². The first-order valence-corrected chi connectivity index (χ1v) is 5.79. The van der Waals surface area contributed by atoms with Gasteiger partial charge in [0.05, 0.1) is 12.3 Å². The predicted molar refractivity (Wildman–Crippen MR) is 65.5 cm³/mol. The second-order valence-electron chi connectivity index (χ2n) is 4.17. The average molecular weight is 231 g/mol. The minimum Gasteiger partial charge on any atom is -0.388 e. The van der Waals surface area contributed by atoms with Crippen LogP contribution in [0.4, 0.5) is 0 Å². The summed E-state index contributed by atoms with van der Waals surface area (Å²) in [6.45, 7) is 2.07. The van der Waals surface area contributed by atoms with E-state index >= 15 is 0 Å². The van der Waals surface area contributed by atoms with Gasteiger partial charge in [0.25, 0.3) is 0 Å². The van der Waals surface area contributed by atoms with Crippen LogP contribution in [-0.4, -0.2) is 19.9 Å². The lowest BCUT2D eigenvalue weighted by Crippen LogP contribution is -2.05. The Morgan fingerprint density at radius 2 is 2.24 bits per heavy atom. The van der Waals surface area contributed by atoms with Crippen LogP contribution < -0.4 is 0 Å². The monoisotopic (exact) mass is 231 g/mol. The maximum absolute atomic E-state index is 10.2. The Morgan fingerprint density at radius 1 is 1.41 bits per heavy atom. The van der Waals surface area contributed by atoms with Gasteiger partial charge in [-0.1, -0.05) is 6.92 Å². The Morgan fingerprint density at radius 3 is 2.88 bits per heavy atom. The maximum atomic E-state index is 10.2. The highest BCUT2D eigenvalue weighted by Crippen LogP contribution is 2.21. The van der Waals surface area contributed by atoms with Crippen molar-refractivity contribution >= 4 is 0 Å². The first-order chi connectivity index (χ1) is 8.20. The highest BCUT2D eigenvalue weighted by atomic mass is 16.3. The zero-order chi connectivity index (χ0) is 12.3. The smallest absolute Gasteiger partial charge is 0.0835 e. The molecule has 0 saturated heterocycles. The summed E-state index contributed by atoms with van der Waals surface area (Å²) < 4.78 is 1.75. The average Bonchev–Trinajstić information content (AvgIpc) is 2.74. The highest BCUT2D eigenvalue weighted by Gasteiger charge is 2.12.